The van der Waals surface area contributed by atoms with E-state index in [9.17, 15) is 14.9 Å². The summed E-state index contributed by atoms with van der Waals surface area (Å²) in [7, 11) is 0. The van der Waals surface area contributed by atoms with Crippen LogP contribution in [-0.2, 0) is 9.53 Å². The second-order valence-electron chi connectivity index (χ2n) is 7.19. The summed E-state index contributed by atoms with van der Waals surface area (Å²) in [6, 6.07) is 3.90. The minimum absolute atomic E-state index is 0.145. The lowest BCUT2D eigenvalue weighted by Gasteiger charge is -2.39. The van der Waals surface area contributed by atoms with E-state index < -0.39 is 26.8 Å². The summed E-state index contributed by atoms with van der Waals surface area (Å²) in [6.45, 7) is 3.65. The van der Waals surface area contributed by atoms with Crippen molar-refractivity contribution in [2.45, 2.75) is 35.2 Å². The molecule has 0 spiro atoms. The minimum Gasteiger partial charge on any atom is -0.478 e. The number of fused-ring (bicyclic) bond motifs is 1. The SMILES string of the molecule is CC(=O)/C=C(\C[C@@H]1c2cc(Br)ccc2O[C@@H](C(Cl)(Cl)Cl)[C@H]1[N+](=O)[O-])N1CCOCC1. The monoisotopic (exact) mass is 540 g/mol. The zero-order valence-electron chi connectivity index (χ0n) is 16.0. The average molecular weight is 543 g/mol. The van der Waals surface area contributed by atoms with Crippen LogP contribution in [0.15, 0.2) is 34.4 Å². The smallest absolute Gasteiger partial charge is 0.260 e. The molecule has 1 saturated heterocycles. The van der Waals surface area contributed by atoms with Gasteiger partial charge in [0.05, 0.1) is 19.1 Å². The summed E-state index contributed by atoms with van der Waals surface area (Å²) in [6.07, 6.45) is 0.439. The molecule has 0 saturated carbocycles. The van der Waals surface area contributed by atoms with Crippen LogP contribution < -0.4 is 4.74 Å². The maximum Gasteiger partial charge on any atom is 0.260 e. The summed E-state index contributed by atoms with van der Waals surface area (Å²) >= 11 is 21.7. The molecule has 164 valence electrons. The highest BCUT2D eigenvalue weighted by Crippen LogP contribution is 2.48. The van der Waals surface area contributed by atoms with Crippen LogP contribution in [0.3, 0.4) is 0 Å². The maximum absolute atomic E-state index is 12.1. The largest absolute Gasteiger partial charge is 0.478 e. The Morgan fingerprint density at radius 3 is 2.60 bits per heavy atom. The van der Waals surface area contributed by atoms with Crippen LogP contribution in [0, 0.1) is 10.1 Å². The fourth-order valence-corrected chi connectivity index (χ4v) is 4.76. The third-order valence-electron chi connectivity index (χ3n) is 5.13. The number of rotatable bonds is 5. The van der Waals surface area contributed by atoms with Crippen LogP contribution in [0.25, 0.3) is 0 Å². The fraction of sp³-hybridized carbons (Fsp3) is 0.526. The van der Waals surface area contributed by atoms with E-state index in [1.165, 1.54) is 13.0 Å². The van der Waals surface area contributed by atoms with E-state index in [2.05, 4.69) is 15.9 Å². The summed E-state index contributed by atoms with van der Waals surface area (Å²) in [5.74, 6) is -0.398. The molecule has 1 aromatic rings. The molecule has 2 aliphatic heterocycles. The van der Waals surface area contributed by atoms with Crippen molar-refractivity contribution < 1.29 is 19.2 Å². The first-order chi connectivity index (χ1) is 14.1. The van der Waals surface area contributed by atoms with Crippen LogP contribution in [0.2, 0.25) is 0 Å². The molecule has 2 aliphatic rings. The Morgan fingerprint density at radius 1 is 1.37 bits per heavy atom. The number of nitro groups is 1. The molecule has 1 aromatic carbocycles. The molecular weight excluding hydrogens is 522 g/mol. The molecule has 30 heavy (non-hydrogen) atoms. The van der Waals surface area contributed by atoms with Crippen molar-refractivity contribution in [1.82, 2.24) is 4.90 Å². The van der Waals surface area contributed by atoms with Gasteiger partial charge in [-0.3, -0.25) is 14.9 Å². The highest BCUT2D eigenvalue weighted by molar-refractivity contribution is 9.10. The van der Waals surface area contributed by atoms with Crippen LogP contribution >= 0.6 is 50.7 Å². The molecular formula is C19H20BrCl3N2O5. The van der Waals surface area contributed by atoms with Crippen molar-refractivity contribution in [3.8, 4) is 5.75 Å². The van der Waals surface area contributed by atoms with Gasteiger partial charge in [-0.25, -0.2) is 0 Å². The van der Waals surface area contributed by atoms with Gasteiger partial charge in [0.2, 0.25) is 9.90 Å². The summed E-state index contributed by atoms with van der Waals surface area (Å²) in [4.78, 5) is 25.6. The molecule has 2 heterocycles. The number of ether oxygens (including phenoxy) is 2. The predicted octanol–water partition coefficient (Wildman–Crippen LogP) is 4.50. The first kappa shape index (κ1) is 23.6. The van der Waals surface area contributed by atoms with E-state index in [0.717, 1.165) is 4.47 Å². The van der Waals surface area contributed by atoms with Crippen molar-refractivity contribution >= 4 is 56.5 Å². The number of allylic oxidation sites excluding steroid dienone is 2. The molecule has 0 amide bonds. The highest BCUT2D eigenvalue weighted by atomic mass is 79.9. The zero-order chi connectivity index (χ0) is 22.1. The van der Waals surface area contributed by atoms with Crippen molar-refractivity contribution in [2.75, 3.05) is 26.3 Å². The third-order valence-corrected chi connectivity index (χ3v) is 6.27. The van der Waals surface area contributed by atoms with E-state index >= 15 is 0 Å². The van der Waals surface area contributed by atoms with E-state index in [-0.39, 0.29) is 12.2 Å². The van der Waals surface area contributed by atoms with Crippen molar-refractivity contribution in [1.29, 1.82) is 0 Å². The first-order valence-corrected chi connectivity index (χ1v) is 11.2. The summed E-state index contributed by atoms with van der Waals surface area (Å²) in [5.41, 5.74) is 1.32. The van der Waals surface area contributed by atoms with Gasteiger partial charge in [-0.1, -0.05) is 50.7 Å². The number of hydrogen-bond donors (Lipinski definition) is 0. The molecule has 0 aromatic heterocycles. The van der Waals surface area contributed by atoms with Gasteiger partial charge in [-0.15, -0.1) is 0 Å². The van der Waals surface area contributed by atoms with Crippen molar-refractivity contribution in [3.63, 3.8) is 0 Å². The quantitative estimate of drug-likeness (QED) is 0.236. The lowest BCUT2D eigenvalue weighted by molar-refractivity contribution is -0.538. The van der Waals surface area contributed by atoms with Gasteiger partial charge >= 0.3 is 0 Å². The molecule has 11 heteroatoms. The highest BCUT2D eigenvalue weighted by Gasteiger charge is 2.55. The Bertz CT molecular complexity index is 855. The third kappa shape index (κ3) is 5.40. The van der Waals surface area contributed by atoms with Gasteiger partial charge in [0.1, 0.15) is 5.75 Å². The van der Waals surface area contributed by atoms with Gasteiger partial charge < -0.3 is 14.4 Å². The molecule has 0 radical (unpaired) electrons. The Morgan fingerprint density at radius 2 is 2.03 bits per heavy atom. The van der Waals surface area contributed by atoms with Crippen LogP contribution in [0.4, 0.5) is 0 Å². The Hall–Kier alpha value is -1.06. The number of ketones is 1. The van der Waals surface area contributed by atoms with E-state index in [1.807, 2.05) is 4.90 Å². The van der Waals surface area contributed by atoms with Gasteiger partial charge in [0.25, 0.3) is 6.04 Å². The second kappa shape index (κ2) is 9.61. The zero-order valence-corrected chi connectivity index (χ0v) is 19.9. The topological polar surface area (TPSA) is 81.9 Å². The van der Waals surface area contributed by atoms with E-state index in [0.29, 0.717) is 43.3 Å². The number of halogens is 4. The number of carbonyl (C=O) groups excluding carboxylic acids is 1. The van der Waals surface area contributed by atoms with Crippen LogP contribution in [0.5, 0.6) is 5.75 Å². The molecule has 0 bridgehead atoms. The van der Waals surface area contributed by atoms with Crippen LogP contribution in [-0.4, -0.2) is 57.8 Å². The standard InChI is InChI=1S/C19H20BrCl3N2O5/c1-11(26)8-13(24-4-6-29-7-5-24)10-15-14-9-12(20)2-3-16(14)30-18(19(21,22)23)17(15)25(27)28/h2-3,8-9,15,17-18H,4-7,10H2,1H3/b13-8+/t15-,17+,18-/m1/s1. The number of morpholine rings is 1. The molecule has 3 rings (SSSR count). The second-order valence-corrected chi connectivity index (χ2v) is 10.5. The fourth-order valence-electron chi connectivity index (χ4n) is 3.86. The normalized spacial score (nSPS) is 24.8. The first-order valence-electron chi connectivity index (χ1n) is 9.28. The van der Waals surface area contributed by atoms with Gasteiger partial charge in [0.15, 0.2) is 5.78 Å². The Balaban J connectivity index is 2.08. The number of benzene rings is 1. The number of alkyl halides is 3. The van der Waals surface area contributed by atoms with Crippen LogP contribution in [0.1, 0.15) is 24.8 Å². The Kier molecular flexibility index (Phi) is 7.56. The average Bonchev–Trinajstić information content (AvgIpc) is 2.66. The molecule has 0 unspecified atom stereocenters. The molecule has 3 atom stereocenters. The number of carbonyl (C=O) groups is 1. The lowest BCUT2D eigenvalue weighted by Crippen LogP contribution is -2.52. The molecule has 1 fully saturated rings. The van der Waals surface area contributed by atoms with Crippen molar-refractivity contribution in [2.24, 2.45) is 0 Å². The Labute approximate surface area is 197 Å². The summed E-state index contributed by atoms with van der Waals surface area (Å²) in [5, 5.41) is 12.1. The lowest BCUT2D eigenvalue weighted by atomic mass is 9.82. The van der Waals surface area contributed by atoms with E-state index in [1.54, 1.807) is 18.2 Å². The van der Waals surface area contributed by atoms with Gasteiger partial charge in [-0.2, -0.15) is 0 Å². The summed E-state index contributed by atoms with van der Waals surface area (Å²) < 4.78 is 9.92. The molecule has 7 nitrogen and oxygen atoms in total. The molecule has 0 N–H and O–H groups in total. The molecule has 0 aliphatic carbocycles. The predicted molar refractivity (Wildman–Crippen MR) is 118 cm³/mol. The van der Waals surface area contributed by atoms with Crippen molar-refractivity contribution in [3.05, 3.63) is 50.1 Å². The van der Waals surface area contributed by atoms with E-state index in [4.69, 9.17) is 44.3 Å². The minimum atomic E-state index is -2.01. The van der Waals surface area contributed by atoms with Gasteiger partial charge in [-0.05, 0) is 31.2 Å². The number of hydrogen-bond acceptors (Lipinski definition) is 6. The van der Waals surface area contributed by atoms with Gasteiger partial charge in [0, 0.05) is 40.2 Å². The maximum atomic E-state index is 12.1. The number of nitrogens with zero attached hydrogens (tertiary/aromatic N) is 2.